The van der Waals surface area contributed by atoms with Crippen molar-refractivity contribution in [3.05, 3.63) is 40.0 Å². The van der Waals surface area contributed by atoms with Gasteiger partial charge in [0.15, 0.2) is 6.29 Å². The largest absolute Gasteiger partial charge is 0.298 e. The first kappa shape index (κ1) is 12.8. The molecule has 94 valence electrons. The quantitative estimate of drug-likeness (QED) is 0.792. The van der Waals surface area contributed by atoms with Gasteiger partial charge in [-0.25, -0.2) is 0 Å². The van der Waals surface area contributed by atoms with Crippen LogP contribution in [0.2, 0.25) is 5.02 Å². The molecule has 0 unspecified atom stereocenters. The van der Waals surface area contributed by atoms with Gasteiger partial charge in [-0.15, -0.1) is 0 Å². The van der Waals surface area contributed by atoms with Crippen LogP contribution in [0.3, 0.4) is 0 Å². The van der Waals surface area contributed by atoms with Gasteiger partial charge in [-0.2, -0.15) is 5.10 Å². The first-order chi connectivity index (χ1) is 8.56. The zero-order chi connectivity index (χ0) is 13.3. The van der Waals surface area contributed by atoms with E-state index in [4.69, 9.17) is 11.6 Å². The highest BCUT2D eigenvalue weighted by atomic mass is 35.5. The molecule has 0 fully saturated rings. The van der Waals surface area contributed by atoms with E-state index in [2.05, 4.69) is 5.10 Å². The van der Waals surface area contributed by atoms with Gasteiger partial charge in [-0.1, -0.05) is 11.6 Å². The fraction of sp³-hybridized carbons (Fsp3) is 0.286. The molecule has 2 aromatic rings. The Kier molecular flexibility index (Phi) is 3.53. The lowest BCUT2D eigenvalue weighted by molar-refractivity contribution is 0.112. The minimum atomic E-state index is 0.571. The summed E-state index contributed by atoms with van der Waals surface area (Å²) in [6.45, 7) is 6.74. The lowest BCUT2D eigenvalue weighted by Gasteiger charge is -2.06. The van der Waals surface area contributed by atoms with Crippen LogP contribution in [-0.4, -0.2) is 16.1 Å². The van der Waals surface area contributed by atoms with Crippen LogP contribution >= 0.6 is 11.6 Å². The lowest BCUT2D eigenvalue weighted by atomic mass is 10.0. The number of aromatic nitrogens is 2. The topological polar surface area (TPSA) is 34.9 Å². The summed E-state index contributed by atoms with van der Waals surface area (Å²) in [6.07, 6.45) is 2.56. The summed E-state index contributed by atoms with van der Waals surface area (Å²) in [5.41, 5.74) is 4.31. The Labute approximate surface area is 111 Å². The highest BCUT2D eigenvalue weighted by Gasteiger charge is 2.14. The summed E-state index contributed by atoms with van der Waals surface area (Å²) in [4.78, 5) is 11.1. The molecule has 0 bridgehead atoms. The van der Waals surface area contributed by atoms with E-state index in [9.17, 15) is 4.79 Å². The molecule has 0 N–H and O–H groups in total. The second kappa shape index (κ2) is 4.94. The number of rotatable bonds is 3. The van der Waals surface area contributed by atoms with Gasteiger partial charge in [0.1, 0.15) is 5.69 Å². The second-order valence-electron chi connectivity index (χ2n) is 4.32. The molecule has 0 radical (unpaired) electrons. The van der Waals surface area contributed by atoms with Gasteiger partial charge in [-0.05, 0) is 44.0 Å². The Bertz CT molecular complexity index is 602. The monoisotopic (exact) mass is 262 g/mol. The van der Waals surface area contributed by atoms with E-state index in [1.54, 1.807) is 10.9 Å². The van der Waals surface area contributed by atoms with Gasteiger partial charge in [-0.3, -0.25) is 9.48 Å². The van der Waals surface area contributed by atoms with E-state index >= 15 is 0 Å². The Morgan fingerprint density at radius 3 is 2.61 bits per heavy atom. The smallest absolute Gasteiger partial charge is 0.153 e. The molecular formula is C14H15ClN2O. The molecule has 3 nitrogen and oxygen atoms in total. The number of halogens is 1. The van der Waals surface area contributed by atoms with Crippen LogP contribution in [-0.2, 0) is 6.54 Å². The second-order valence-corrected chi connectivity index (χ2v) is 4.73. The summed E-state index contributed by atoms with van der Waals surface area (Å²) in [5.74, 6) is 0. The molecule has 0 saturated carbocycles. The summed E-state index contributed by atoms with van der Waals surface area (Å²) in [7, 11) is 0. The highest BCUT2D eigenvalue weighted by molar-refractivity contribution is 6.33. The van der Waals surface area contributed by atoms with Crippen molar-refractivity contribution < 1.29 is 4.79 Å². The Morgan fingerprint density at radius 2 is 2.00 bits per heavy atom. The number of aldehydes is 1. The van der Waals surface area contributed by atoms with E-state index in [1.165, 1.54) is 0 Å². The predicted octanol–water partition coefficient (Wildman–Crippen LogP) is 3.65. The predicted molar refractivity (Wildman–Crippen MR) is 73.2 cm³/mol. The molecule has 0 amide bonds. The SMILES string of the molecule is CCn1cc(C=O)c(-c2cc(C)c(C)cc2Cl)n1. The van der Waals surface area contributed by atoms with Crippen molar-refractivity contribution in [2.75, 3.05) is 0 Å². The van der Waals surface area contributed by atoms with Crippen LogP contribution in [0.1, 0.15) is 28.4 Å². The maximum atomic E-state index is 11.1. The number of hydrogen-bond acceptors (Lipinski definition) is 2. The number of benzene rings is 1. The van der Waals surface area contributed by atoms with Gasteiger partial charge in [0.25, 0.3) is 0 Å². The van der Waals surface area contributed by atoms with Crippen LogP contribution in [0, 0.1) is 13.8 Å². The van der Waals surface area contributed by atoms with Crippen LogP contribution in [0.5, 0.6) is 0 Å². The van der Waals surface area contributed by atoms with Crippen LogP contribution < -0.4 is 0 Å². The van der Waals surface area contributed by atoms with Crippen molar-refractivity contribution in [3.63, 3.8) is 0 Å². The first-order valence-corrected chi connectivity index (χ1v) is 6.24. The van der Waals surface area contributed by atoms with E-state index in [0.717, 1.165) is 29.5 Å². The van der Waals surface area contributed by atoms with Crippen LogP contribution in [0.4, 0.5) is 0 Å². The van der Waals surface area contributed by atoms with Gasteiger partial charge in [0.2, 0.25) is 0 Å². The number of hydrogen-bond donors (Lipinski definition) is 0. The lowest BCUT2D eigenvalue weighted by Crippen LogP contribution is -1.94. The van der Waals surface area contributed by atoms with E-state index in [0.29, 0.717) is 16.3 Å². The zero-order valence-electron chi connectivity index (χ0n) is 10.7. The molecule has 0 aliphatic heterocycles. The standard InChI is InChI=1S/C14H15ClN2O/c1-4-17-7-11(8-18)14(16-17)12-5-9(2)10(3)6-13(12)15/h5-8H,4H2,1-3H3. The van der Waals surface area contributed by atoms with Crippen molar-refractivity contribution in [2.24, 2.45) is 0 Å². The summed E-state index contributed by atoms with van der Waals surface area (Å²) >= 11 is 6.25. The molecular weight excluding hydrogens is 248 g/mol. The van der Waals surface area contributed by atoms with Crippen molar-refractivity contribution in [2.45, 2.75) is 27.3 Å². The summed E-state index contributed by atoms with van der Waals surface area (Å²) in [5, 5.41) is 5.03. The average molecular weight is 263 g/mol. The number of aryl methyl sites for hydroxylation is 3. The fourth-order valence-electron chi connectivity index (χ4n) is 1.86. The third kappa shape index (κ3) is 2.18. The normalized spacial score (nSPS) is 10.7. The minimum absolute atomic E-state index is 0.571. The van der Waals surface area contributed by atoms with Gasteiger partial charge < -0.3 is 0 Å². The van der Waals surface area contributed by atoms with Crippen molar-refractivity contribution in [3.8, 4) is 11.3 Å². The average Bonchev–Trinajstić information content (AvgIpc) is 2.77. The van der Waals surface area contributed by atoms with Crippen molar-refractivity contribution in [1.82, 2.24) is 9.78 Å². The third-order valence-electron chi connectivity index (χ3n) is 3.08. The molecule has 2 rings (SSSR count). The molecule has 0 aliphatic rings. The Morgan fingerprint density at radius 1 is 1.33 bits per heavy atom. The molecule has 18 heavy (non-hydrogen) atoms. The first-order valence-electron chi connectivity index (χ1n) is 5.86. The molecule has 0 atom stereocenters. The van der Waals surface area contributed by atoms with Crippen molar-refractivity contribution in [1.29, 1.82) is 0 Å². The molecule has 0 aliphatic carbocycles. The van der Waals surface area contributed by atoms with Crippen LogP contribution in [0.15, 0.2) is 18.3 Å². The number of nitrogens with zero attached hydrogens (tertiary/aromatic N) is 2. The van der Waals surface area contributed by atoms with Gasteiger partial charge in [0.05, 0.1) is 10.6 Å². The maximum Gasteiger partial charge on any atom is 0.153 e. The maximum absolute atomic E-state index is 11.1. The van der Waals surface area contributed by atoms with Gasteiger partial charge in [0, 0.05) is 18.3 Å². The minimum Gasteiger partial charge on any atom is -0.298 e. The highest BCUT2D eigenvalue weighted by Crippen LogP contribution is 2.31. The van der Waals surface area contributed by atoms with Crippen molar-refractivity contribution >= 4 is 17.9 Å². The molecule has 1 aromatic heterocycles. The van der Waals surface area contributed by atoms with E-state index in [1.807, 2.05) is 32.9 Å². The Balaban J connectivity index is 2.64. The number of carbonyl (C=O) groups excluding carboxylic acids is 1. The summed E-state index contributed by atoms with van der Waals surface area (Å²) in [6, 6.07) is 3.89. The number of carbonyl (C=O) groups is 1. The third-order valence-corrected chi connectivity index (χ3v) is 3.39. The van der Waals surface area contributed by atoms with E-state index < -0.39 is 0 Å². The molecule has 1 aromatic carbocycles. The summed E-state index contributed by atoms with van der Waals surface area (Å²) < 4.78 is 1.74. The van der Waals surface area contributed by atoms with Crippen LogP contribution in [0.25, 0.3) is 11.3 Å². The molecule has 1 heterocycles. The molecule has 0 saturated heterocycles. The molecule has 0 spiro atoms. The fourth-order valence-corrected chi connectivity index (χ4v) is 2.16. The Hall–Kier alpha value is -1.61. The zero-order valence-corrected chi connectivity index (χ0v) is 11.5. The van der Waals surface area contributed by atoms with Gasteiger partial charge >= 0.3 is 0 Å². The van der Waals surface area contributed by atoms with E-state index in [-0.39, 0.29) is 0 Å². The molecule has 4 heteroatoms.